The van der Waals surface area contributed by atoms with Crippen molar-refractivity contribution in [3.8, 4) is 5.75 Å². The summed E-state index contributed by atoms with van der Waals surface area (Å²) in [6.45, 7) is 0.266. The lowest BCUT2D eigenvalue weighted by Gasteiger charge is -2.19. The molecule has 11 heteroatoms. The molecule has 0 saturated carbocycles. The number of ether oxygens (including phenoxy) is 1. The van der Waals surface area contributed by atoms with E-state index in [9.17, 15) is 14.4 Å². The Labute approximate surface area is 169 Å². The van der Waals surface area contributed by atoms with Gasteiger partial charge >= 0.3 is 0 Å². The summed E-state index contributed by atoms with van der Waals surface area (Å²) in [7, 11) is 3.10. The van der Waals surface area contributed by atoms with Crippen molar-refractivity contribution < 1.29 is 19.1 Å². The summed E-state index contributed by atoms with van der Waals surface area (Å²) < 4.78 is 5.89. The standard InChI is InChI=1S/C17H19N5O4S2/c1-18-13(23)9-27-17-21-20-16(28-17)19-15(25)10-7-14(24)22(8-10)11-5-3-4-6-12(11)26-2/h3-6,10H,7-9H2,1-2H3,(H,18,23)(H,19,20,25)/t10-/m1/s1. The van der Waals surface area contributed by atoms with E-state index in [0.717, 1.165) is 0 Å². The van der Waals surface area contributed by atoms with Crippen LogP contribution in [0.15, 0.2) is 28.6 Å². The quantitative estimate of drug-likeness (QED) is 0.513. The van der Waals surface area contributed by atoms with E-state index in [1.807, 2.05) is 12.1 Å². The molecule has 1 aliphatic heterocycles. The highest BCUT2D eigenvalue weighted by molar-refractivity contribution is 8.01. The topological polar surface area (TPSA) is 114 Å². The molecule has 0 bridgehead atoms. The largest absolute Gasteiger partial charge is 0.495 e. The summed E-state index contributed by atoms with van der Waals surface area (Å²) in [4.78, 5) is 37.8. The maximum absolute atomic E-state index is 12.6. The highest BCUT2D eigenvalue weighted by Gasteiger charge is 2.36. The van der Waals surface area contributed by atoms with Crippen LogP contribution >= 0.6 is 23.1 Å². The second-order valence-electron chi connectivity index (χ2n) is 5.90. The average molecular weight is 422 g/mol. The molecule has 0 aliphatic carbocycles. The second-order valence-corrected chi connectivity index (χ2v) is 8.10. The molecule has 1 aromatic heterocycles. The molecular formula is C17H19N5O4S2. The van der Waals surface area contributed by atoms with Crippen molar-refractivity contribution >= 4 is 51.6 Å². The molecular weight excluding hydrogens is 402 g/mol. The Bertz CT molecular complexity index is 888. The van der Waals surface area contributed by atoms with Crippen LogP contribution in [0.3, 0.4) is 0 Å². The third-order valence-electron chi connectivity index (χ3n) is 4.11. The maximum atomic E-state index is 12.6. The monoisotopic (exact) mass is 421 g/mol. The Hall–Kier alpha value is -2.66. The first-order valence-corrected chi connectivity index (χ1v) is 10.2. The molecule has 3 amide bonds. The van der Waals surface area contributed by atoms with Gasteiger partial charge in [0.15, 0.2) is 4.34 Å². The number of benzene rings is 1. The van der Waals surface area contributed by atoms with Crippen LogP contribution in [0, 0.1) is 5.92 Å². The highest BCUT2D eigenvalue weighted by Crippen LogP contribution is 2.33. The van der Waals surface area contributed by atoms with Gasteiger partial charge in [-0.2, -0.15) is 0 Å². The molecule has 9 nitrogen and oxygen atoms in total. The molecule has 1 aliphatic rings. The number of carbonyl (C=O) groups excluding carboxylic acids is 3. The van der Waals surface area contributed by atoms with Gasteiger partial charge in [0.25, 0.3) is 0 Å². The molecule has 1 saturated heterocycles. The molecule has 0 radical (unpaired) electrons. The van der Waals surface area contributed by atoms with Crippen LogP contribution in [-0.2, 0) is 14.4 Å². The molecule has 28 heavy (non-hydrogen) atoms. The van der Waals surface area contributed by atoms with Gasteiger partial charge in [-0.3, -0.25) is 14.4 Å². The van der Waals surface area contributed by atoms with Gasteiger partial charge in [0.05, 0.1) is 24.5 Å². The summed E-state index contributed by atoms with van der Waals surface area (Å²) in [5.74, 6) is -0.230. The first-order chi connectivity index (χ1) is 13.5. The van der Waals surface area contributed by atoms with Crippen LogP contribution in [0.2, 0.25) is 0 Å². The van der Waals surface area contributed by atoms with Gasteiger partial charge in [-0.05, 0) is 12.1 Å². The van der Waals surface area contributed by atoms with E-state index < -0.39 is 5.92 Å². The Balaban J connectivity index is 1.61. The minimum absolute atomic E-state index is 0.112. The van der Waals surface area contributed by atoms with E-state index in [-0.39, 0.29) is 36.4 Å². The van der Waals surface area contributed by atoms with Gasteiger partial charge in [-0.1, -0.05) is 35.2 Å². The predicted molar refractivity (Wildman–Crippen MR) is 107 cm³/mol. The molecule has 0 spiro atoms. The summed E-state index contributed by atoms with van der Waals surface area (Å²) in [6.07, 6.45) is 0.112. The number of nitrogens with one attached hydrogen (secondary N) is 2. The van der Waals surface area contributed by atoms with Crippen molar-refractivity contribution in [1.82, 2.24) is 15.5 Å². The van der Waals surface area contributed by atoms with Gasteiger partial charge in [0.2, 0.25) is 22.9 Å². The predicted octanol–water partition coefficient (Wildman–Crippen LogP) is 1.38. The number of thioether (sulfide) groups is 1. The Morgan fingerprint density at radius 1 is 1.36 bits per heavy atom. The molecule has 1 fully saturated rings. The lowest BCUT2D eigenvalue weighted by molar-refractivity contribution is -0.122. The molecule has 3 rings (SSSR count). The molecule has 1 atom stereocenters. The Morgan fingerprint density at radius 2 is 2.14 bits per heavy atom. The van der Waals surface area contributed by atoms with Crippen LogP contribution in [-0.4, -0.2) is 54.4 Å². The fourth-order valence-corrected chi connectivity index (χ4v) is 4.32. The number of hydrogen-bond donors (Lipinski definition) is 2. The maximum Gasteiger partial charge on any atom is 0.231 e. The molecule has 2 heterocycles. The fourth-order valence-electron chi connectivity index (χ4n) is 2.69. The fraction of sp³-hybridized carbons (Fsp3) is 0.353. The lowest BCUT2D eigenvalue weighted by atomic mass is 10.1. The van der Waals surface area contributed by atoms with Crippen LogP contribution in [0.5, 0.6) is 5.75 Å². The zero-order chi connectivity index (χ0) is 20.1. The summed E-state index contributed by atoms with van der Waals surface area (Å²) in [6, 6.07) is 7.20. The SMILES string of the molecule is CNC(=O)CSc1nnc(NC(=O)[C@@H]2CC(=O)N(c3ccccc3OC)C2)s1. The van der Waals surface area contributed by atoms with E-state index in [1.165, 1.54) is 23.1 Å². The van der Waals surface area contributed by atoms with Crippen LogP contribution < -0.4 is 20.3 Å². The number of carbonyl (C=O) groups is 3. The van der Waals surface area contributed by atoms with Gasteiger partial charge in [-0.15, -0.1) is 10.2 Å². The van der Waals surface area contributed by atoms with Gasteiger partial charge in [0.1, 0.15) is 5.75 Å². The minimum atomic E-state index is -0.497. The second kappa shape index (κ2) is 9.02. The number of aromatic nitrogens is 2. The highest BCUT2D eigenvalue weighted by atomic mass is 32.2. The van der Waals surface area contributed by atoms with E-state index in [2.05, 4.69) is 20.8 Å². The summed E-state index contributed by atoms with van der Waals surface area (Å²) in [5.41, 5.74) is 0.647. The first kappa shape index (κ1) is 20.1. The van der Waals surface area contributed by atoms with Crippen molar-refractivity contribution in [1.29, 1.82) is 0 Å². The van der Waals surface area contributed by atoms with E-state index in [1.54, 1.807) is 31.2 Å². The van der Waals surface area contributed by atoms with E-state index in [4.69, 9.17) is 4.74 Å². The van der Waals surface area contributed by atoms with E-state index in [0.29, 0.717) is 20.9 Å². The number of amides is 3. The Morgan fingerprint density at radius 3 is 2.89 bits per heavy atom. The molecule has 1 aromatic carbocycles. The Kier molecular flexibility index (Phi) is 6.47. The van der Waals surface area contributed by atoms with Gasteiger partial charge < -0.3 is 20.3 Å². The first-order valence-electron chi connectivity index (χ1n) is 8.43. The van der Waals surface area contributed by atoms with Crippen LogP contribution in [0.1, 0.15) is 6.42 Å². The van der Waals surface area contributed by atoms with Crippen molar-refractivity contribution in [2.75, 3.05) is 36.7 Å². The number of rotatable bonds is 7. The van der Waals surface area contributed by atoms with Crippen molar-refractivity contribution in [2.45, 2.75) is 10.8 Å². The number of anilines is 2. The van der Waals surface area contributed by atoms with Crippen molar-refractivity contribution in [3.05, 3.63) is 24.3 Å². The van der Waals surface area contributed by atoms with Gasteiger partial charge in [-0.25, -0.2) is 0 Å². The number of para-hydroxylation sites is 2. The number of methoxy groups -OCH3 is 1. The molecule has 2 aromatic rings. The minimum Gasteiger partial charge on any atom is -0.495 e. The van der Waals surface area contributed by atoms with Crippen LogP contribution in [0.25, 0.3) is 0 Å². The normalized spacial score (nSPS) is 16.1. The third kappa shape index (κ3) is 4.60. The van der Waals surface area contributed by atoms with E-state index >= 15 is 0 Å². The molecule has 0 unspecified atom stereocenters. The average Bonchev–Trinajstić information content (AvgIpc) is 3.32. The summed E-state index contributed by atoms with van der Waals surface area (Å²) in [5, 5.41) is 13.4. The van der Waals surface area contributed by atoms with Crippen LogP contribution in [0.4, 0.5) is 10.8 Å². The lowest BCUT2D eigenvalue weighted by Crippen LogP contribution is -2.28. The number of nitrogens with zero attached hydrogens (tertiary/aromatic N) is 3. The van der Waals surface area contributed by atoms with Gasteiger partial charge in [0, 0.05) is 20.0 Å². The number of hydrogen-bond acceptors (Lipinski definition) is 8. The third-order valence-corrected chi connectivity index (χ3v) is 6.09. The zero-order valence-electron chi connectivity index (χ0n) is 15.3. The molecule has 2 N–H and O–H groups in total. The smallest absolute Gasteiger partial charge is 0.231 e. The molecule has 148 valence electrons. The zero-order valence-corrected chi connectivity index (χ0v) is 16.9. The van der Waals surface area contributed by atoms with Crippen molar-refractivity contribution in [2.24, 2.45) is 5.92 Å². The van der Waals surface area contributed by atoms with Crippen molar-refractivity contribution in [3.63, 3.8) is 0 Å². The summed E-state index contributed by atoms with van der Waals surface area (Å²) >= 11 is 2.43.